The number of hydrogen-bond donors (Lipinski definition) is 2. The van der Waals surface area contributed by atoms with Crippen molar-refractivity contribution in [3.05, 3.63) is 22.2 Å². The van der Waals surface area contributed by atoms with Gasteiger partial charge in [0.15, 0.2) is 0 Å². The molecule has 21 heavy (non-hydrogen) atoms. The van der Waals surface area contributed by atoms with Crippen molar-refractivity contribution < 1.29 is 9.53 Å². The van der Waals surface area contributed by atoms with E-state index in [0.717, 1.165) is 34.3 Å². The number of amides is 1. The van der Waals surface area contributed by atoms with Crippen molar-refractivity contribution in [1.82, 2.24) is 10.3 Å². The molecule has 0 spiro atoms. The quantitative estimate of drug-likeness (QED) is 0.893. The molecule has 0 aliphatic carbocycles. The van der Waals surface area contributed by atoms with Gasteiger partial charge < -0.3 is 15.8 Å². The van der Waals surface area contributed by atoms with E-state index in [1.54, 1.807) is 0 Å². The number of aryl methyl sites for hydroxylation is 2. The first-order valence-corrected chi connectivity index (χ1v) is 7.92. The lowest BCUT2D eigenvalue weighted by Gasteiger charge is -2.22. The van der Waals surface area contributed by atoms with Gasteiger partial charge in [-0.1, -0.05) is 0 Å². The summed E-state index contributed by atoms with van der Waals surface area (Å²) in [6.45, 7) is 5.35. The normalized spacial score (nSPS) is 16.3. The Hall–Kier alpha value is -1.66. The van der Waals surface area contributed by atoms with E-state index < -0.39 is 0 Å². The molecular formula is C15H19N3O2S. The highest BCUT2D eigenvalue weighted by Crippen LogP contribution is 2.35. The van der Waals surface area contributed by atoms with E-state index in [2.05, 4.69) is 10.3 Å². The third-order valence-corrected chi connectivity index (χ3v) is 4.89. The Morgan fingerprint density at radius 1 is 1.43 bits per heavy atom. The maximum Gasteiger partial charge on any atom is 0.263 e. The second kappa shape index (κ2) is 5.61. The zero-order valence-electron chi connectivity index (χ0n) is 12.2. The van der Waals surface area contributed by atoms with Crippen molar-refractivity contribution in [1.29, 1.82) is 0 Å². The average molecular weight is 305 g/mol. The van der Waals surface area contributed by atoms with Gasteiger partial charge in [0.1, 0.15) is 9.71 Å². The van der Waals surface area contributed by atoms with E-state index in [0.29, 0.717) is 23.8 Å². The van der Waals surface area contributed by atoms with E-state index >= 15 is 0 Å². The molecule has 0 unspecified atom stereocenters. The lowest BCUT2D eigenvalue weighted by atomic mass is 10.1. The van der Waals surface area contributed by atoms with Crippen LogP contribution in [0, 0.1) is 13.8 Å². The van der Waals surface area contributed by atoms with Crippen LogP contribution in [0.1, 0.15) is 33.8 Å². The number of nitrogen functional groups attached to an aromatic ring is 1. The molecule has 5 nitrogen and oxygen atoms in total. The minimum atomic E-state index is -0.0977. The summed E-state index contributed by atoms with van der Waals surface area (Å²) in [5, 5.41) is 3.96. The number of nitrogens with two attached hydrogens (primary N) is 1. The number of hydrogen-bond acceptors (Lipinski definition) is 5. The van der Waals surface area contributed by atoms with Crippen LogP contribution >= 0.6 is 11.3 Å². The van der Waals surface area contributed by atoms with Gasteiger partial charge in [-0.3, -0.25) is 4.79 Å². The number of thiophene rings is 1. The van der Waals surface area contributed by atoms with Crippen molar-refractivity contribution in [2.24, 2.45) is 0 Å². The third-order valence-electron chi connectivity index (χ3n) is 3.79. The molecule has 0 radical (unpaired) electrons. The SMILES string of the molecule is Cc1cc(C)c2c(N)c(C(=O)NC3CCOCC3)sc2n1. The monoisotopic (exact) mass is 305 g/mol. The van der Waals surface area contributed by atoms with Crippen molar-refractivity contribution >= 4 is 33.1 Å². The number of rotatable bonds is 2. The highest BCUT2D eigenvalue weighted by atomic mass is 32.1. The predicted octanol–water partition coefficient (Wildman–Crippen LogP) is 2.40. The van der Waals surface area contributed by atoms with Crippen molar-refractivity contribution in [2.75, 3.05) is 18.9 Å². The third kappa shape index (κ3) is 2.73. The molecule has 1 aliphatic heterocycles. The van der Waals surface area contributed by atoms with E-state index in [1.807, 2.05) is 19.9 Å². The molecular weight excluding hydrogens is 286 g/mol. The standard InChI is InChI=1S/C15H19N3O2S/c1-8-7-9(2)17-15-11(8)12(16)13(21-15)14(19)18-10-3-5-20-6-4-10/h7,10H,3-6,16H2,1-2H3,(H,18,19). The Balaban J connectivity index is 1.91. The Labute approximate surface area is 127 Å². The molecule has 3 rings (SSSR count). The lowest BCUT2D eigenvalue weighted by molar-refractivity contribution is 0.0699. The fourth-order valence-corrected chi connectivity index (χ4v) is 3.85. The van der Waals surface area contributed by atoms with Crippen LogP contribution in [0.2, 0.25) is 0 Å². The Morgan fingerprint density at radius 3 is 2.86 bits per heavy atom. The number of carbonyl (C=O) groups is 1. The number of nitrogens with one attached hydrogen (secondary N) is 1. The number of carbonyl (C=O) groups excluding carboxylic acids is 1. The molecule has 112 valence electrons. The van der Waals surface area contributed by atoms with Crippen molar-refractivity contribution in [2.45, 2.75) is 32.7 Å². The Morgan fingerprint density at radius 2 is 2.14 bits per heavy atom. The molecule has 1 saturated heterocycles. The van der Waals surface area contributed by atoms with Gasteiger partial charge >= 0.3 is 0 Å². The molecule has 2 aromatic rings. The number of ether oxygens (including phenoxy) is 1. The smallest absolute Gasteiger partial charge is 0.263 e. The minimum Gasteiger partial charge on any atom is -0.397 e. The van der Waals surface area contributed by atoms with Crippen LogP contribution in [0.3, 0.4) is 0 Å². The van der Waals surface area contributed by atoms with E-state index in [-0.39, 0.29) is 11.9 Å². The molecule has 2 aromatic heterocycles. The molecule has 1 fully saturated rings. The fourth-order valence-electron chi connectivity index (χ4n) is 2.73. The Bertz CT molecular complexity index is 690. The van der Waals surface area contributed by atoms with E-state index in [9.17, 15) is 4.79 Å². The number of pyridine rings is 1. The van der Waals surface area contributed by atoms with Gasteiger partial charge in [0, 0.05) is 30.3 Å². The summed E-state index contributed by atoms with van der Waals surface area (Å²) >= 11 is 1.37. The second-order valence-electron chi connectivity index (χ2n) is 5.47. The van der Waals surface area contributed by atoms with Gasteiger partial charge in [-0.15, -0.1) is 11.3 Å². The number of fused-ring (bicyclic) bond motifs is 1. The number of nitrogens with zero attached hydrogens (tertiary/aromatic N) is 1. The summed E-state index contributed by atoms with van der Waals surface area (Å²) in [4.78, 5) is 18.3. The molecule has 3 heterocycles. The maximum atomic E-state index is 12.5. The number of anilines is 1. The van der Waals surface area contributed by atoms with Crippen LogP contribution in [0.5, 0.6) is 0 Å². The van der Waals surface area contributed by atoms with Gasteiger partial charge in [-0.25, -0.2) is 4.98 Å². The molecule has 0 saturated carbocycles. The van der Waals surface area contributed by atoms with Gasteiger partial charge in [0.05, 0.1) is 5.69 Å². The Kier molecular flexibility index (Phi) is 3.82. The first kappa shape index (κ1) is 14.3. The largest absolute Gasteiger partial charge is 0.397 e. The molecule has 1 aliphatic rings. The summed E-state index contributed by atoms with van der Waals surface area (Å²) in [5.41, 5.74) is 8.74. The van der Waals surface area contributed by atoms with Crippen LogP contribution in [0.4, 0.5) is 5.69 Å². The minimum absolute atomic E-state index is 0.0977. The lowest BCUT2D eigenvalue weighted by Crippen LogP contribution is -2.38. The zero-order valence-corrected chi connectivity index (χ0v) is 13.0. The first-order valence-electron chi connectivity index (χ1n) is 7.11. The summed E-state index contributed by atoms with van der Waals surface area (Å²) in [6, 6.07) is 2.16. The van der Waals surface area contributed by atoms with Gasteiger partial charge in [-0.05, 0) is 38.3 Å². The maximum absolute atomic E-state index is 12.5. The molecule has 6 heteroatoms. The fraction of sp³-hybridized carbons (Fsp3) is 0.467. The van der Waals surface area contributed by atoms with Gasteiger partial charge in [-0.2, -0.15) is 0 Å². The van der Waals surface area contributed by atoms with Crippen LogP contribution in [-0.4, -0.2) is 30.1 Å². The molecule has 0 bridgehead atoms. The van der Waals surface area contributed by atoms with Crippen LogP contribution in [0.15, 0.2) is 6.07 Å². The van der Waals surface area contributed by atoms with Crippen LogP contribution in [-0.2, 0) is 4.74 Å². The molecule has 1 amide bonds. The highest BCUT2D eigenvalue weighted by Gasteiger charge is 2.22. The van der Waals surface area contributed by atoms with E-state index in [4.69, 9.17) is 10.5 Å². The second-order valence-corrected chi connectivity index (χ2v) is 6.46. The highest BCUT2D eigenvalue weighted by molar-refractivity contribution is 7.21. The van der Waals surface area contributed by atoms with Gasteiger partial charge in [0.25, 0.3) is 5.91 Å². The summed E-state index contributed by atoms with van der Waals surface area (Å²) in [7, 11) is 0. The van der Waals surface area contributed by atoms with Crippen molar-refractivity contribution in [3.63, 3.8) is 0 Å². The summed E-state index contributed by atoms with van der Waals surface area (Å²) < 4.78 is 5.30. The zero-order chi connectivity index (χ0) is 15.0. The van der Waals surface area contributed by atoms with Gasteiger partial charge in [0.2, 0.25) is 0 Å². The first-order chi connectivity index (χ1) is 10.1. The molecule has 0 atom stereocenters. The van der Waals surface area contributed by atoms with Crippen molar-refractivity contribution in [3.8, 4) is 0 Å². The summed E-state index contributed by atoms with van der Waals surface area (Å²) in [6.07, 6.45) is 1.71. The predicted molar refractivity (Wildman–Crippen MR) is 84.8 cm³/mol. The van der Waals surface area contributed by atoms with E-state index in [1.165, 1.54) is 11.3 Å². The average Bonchev–Trinajstić information content (AvgIpc) is 2.77. The van der Waals surface area contributed by atoms with Crippen LogP contribution < -0.4 is 11.1 Å². The number of aromatic nitrogens is 1. The molecule has 3 N–H and O–H groups in total. The molecule has 0 aromatic carbocycles. The topological polar surface area (TPSA) is 77.2 Å². The summed E-state index contributed by atoms with van der Waals surface area (Å²) in [5.74, 6) is -0.0977. The van der Waals surface area contributed by atoms with Crippen LogP contribution in [0.25, 0.3) is 10.2 Å².